The maximum Gasteiger partial charge on any atom is 0.160 e. The molecule has 2 heterocycles. The molecule has 4 nitrogen and oxygen atoms in total. The van der Waals surface area contributed by atoms with Crippen LogP contribution in [0.25, 0.3) is 11.2 Å². The molecule has 0 spiro atoms. The summed E-state index contributed by atoms with van der Waals surface area (Å²) in [5.74, 6) is 1.23. The molecular weight excluding hydrogens is 285 g/mol. The zero-order chi connectivity index (χ0) is 13.4. The van der Waals surface area contributed by atoms with Crippen LogP contribution in [-0.4, -0.2) is 27.2 Å². The molecule has 0 saturated heterocycles. The summed E-state index contributed by atoms with van der Waals surface area (Å²) in [6, 6.07) is 2.21. The molecule has 0 amide bonds. The molecule has 2 aromatic rings. The van der Waals surface area contributed by atoms with Crippen LogP contribution in [0, 0.1) is 0 Å². The number of hydrogen-bond donors (Lipinski definition) is 0. The third-order valence-electron chi connectivity index (χ3n) is 3.53. The van der Waals surface area contributed by atoms with E-state index < -0.39 is 0 Å². The van der Waals surface area contributed by atoms with E-state index in [2.05, 4.69) is 14.5 Å². The van der Waals surface area contributed by atoms with Gasteiger partial charge >= 0.3 is 0 Å². The highest BCUT2D eigenvalue weighted by atomic mass is 35.5. The fraction of sp³-hybridized carbons (Fsp3) is 0.538. The summed E-state index contributed by atoms with van der Waals surface area (Å²) in [5, 5.41) is 0.596. The summed E-state index contributed by atoms with van der Waals surface area (Å²) in [4.78, 5) is 8.90. The van der Waals surface area contributed by atoms with Crippen molar-refractivity contribution in [2.75, 3.05) is 6.61 Å². The highest BCUT2D eigenvalue weighted by Gasteiger charge is 2.33. The molecule has 0 unspecified atom stereocenters. The second kappa shape index (κ2) is 5.27. The minimum atomic E-state index is 0.350. The zero-order valence-corrected chi connectivity index (χ0v) is 12.2. The Morgan fingerprint density at radius 3 is 2.95 bits per heavy atom. The Kier molecular flexibility index (Phi) is 3.65. The van der Waals surface area contributed by atoms with Gasteiger partial charge in [0.1, 0.15) is 11.3 Å². The van der Waals surface area contributed by atoms with Crippen LogP contribution in [-0.2, 0) is 10.6 Å². The quantitative estimate of drug-likeness (QED) is 0.810. The van der Waals surface area contributed by atoms with Gasteiger partial charge in [-0.25, -0.2) is 9.97 Å². The molecule has 1 fully saturated rings. The lowest BCUT2D eigenvalue weighted by Gasteiger charge is -2.36. The number of imidazole rings is 1. The van der Waals surface area contributed by atoms with Crippen molar-refractivity contribution in [1.29, 1.82) is 0 Å². The average molecular weight is 300 g/mol. The predicted molar refractivity (Wildman–Crippen MR) is 75.8 cm³/mol. The van der Waals surface area contributed by atoms with E-state index >= 15 is 0 Å². The maximum atomic E-state index is 5.99. The molecule has 6 heteroatoms. The molecular formula is C13H15Cl2N3O. The summed E-state index contributed by atoms with van der Waals surface area (Å²) in [7, 11) is 0. The van der Waals surface area contributed by atoms with Crippen LogP contribution in [0.4, 0.5) is 0 Å². The zero-order valence-electron chi connectivity index (χ0n) is 10.6. The molecule has 1 aliphatic rings. The van der Waals surface area contributed by atoms with Crippen LogP contribution in [0.15, 0.2) is 12.3 Å². The molecule has 0 bridgehead atoms. The number of fused-ring (bicyclic) bond motifs is 1. The number of ether oxygens (including phenoxy) is 1. The summed E-state index contributed by atoms with van der Waals surface area (Å²) < 4.78 is 7.74. The monoisotopic (exact) mass is 299 g/mol. The van der Waals surface area contributed by atoms with Gasteiger partial charge in [0, 0.05) is 18.8 Å². The number of halogens is 2. The van der Waals surface area contributed by atoms with E-state index in [1.807, 2.05) is 13.0 Å². The van der Waals surface area contributed by atoms with E-state index in [4.69, 9.17) is 27.9 Å². The van der Waals surface area contributed by atoms with Crippen molar-refractivity contribution in [2.24, 2.45) is 0 Å². The summed E-state index contributed by atoms with van der Waals surface area (Å²) in [6.07, 6.45) is 3.99. The third-order valence-corrected chi connectivity index (χ3v) is 3.97. The van der Waals surface area contributed by atoms with Gasteiger partial charge < -0.3 is 9.30 Å². The van der Waals surface area contributed by atoms with E-state index in [1.54, 1.807) is 6.20 Å². The second-order valence-electron chi connectivity index (χ2n) is 4.73. The fourth-order valence-corrected chi connectivity index (χ4v) is 2.94. The van der Waals surface area contributed by atoms with Gasteiger partial charge in [0.2, 0.25) is 0 Å². The second-order valence-corrected chi connectivity index (χ2v) is 5.43. The summed E-state index contributed by atoms with van der Waals surface area (Å²) >= 11 is 11.9. The Morgan fingerprint density at radius 2 is 2.26 bits per heavy atom. The summed E-state index contributed by atoms with van der Waals surface area (Å²) in [5.41, 5.74) is 1.67. The van der Waals surface area contributed by atoms with Gasteiger partial charge in [-0.1, -0.05) is 11.6 Å². The smallest absolute Gasteiger partial charge is 0.160 e. The predicted octanol–water partition coefficient (Wildman–Crippen LogP) is 3.56. The van der Waals surface area contributed by atoms with E-state index in [0.29, 0.717) is 23.0 Å². The van der Waals surface area contributed by atoms with Crippen LogP contribution in [0.3, 0.4) is 0 Å². The molecule has 2 aromatic heterocycles. The van der Waals surface area contributed by atoms with Crippen molar-refractivity contribution < 1.29 is 4.74 Å². The third kappa shape index (κ3) is 2.33. The molecule has 0 aromatic carbocycles. The number of aromatic nitrogens is 3. The molecule has 1 saturated carbocycles. The number of pyridine rings is 1. The van der Waals surface area contributed by atoms with Crippen LogP contribution in [0.2, 0.25) is 5.02 Å². The Hall–Kier alpha value is -0.840. The molecule has 0 N–H and O–H groups in total. The number of rotatable bonds is 4. The van der Waals surface area contributed by atoms with Gasteiger partial charge in [0.05, 0.1) is 17.0 Å². The number of nitrogens with zero attached hydrogens (tertiary/aromatic N) is 3. The number of alkyl halides is 1. The minimum Gasteiger partial charge on any atom is -0.378 e. The van der Waals surface area contributed by atoms with Crippen LogP contribution < -0.4 is 0 Å². The lowest BCUT2D eigenvalue weighted by atomic mass is 9.89. The first-order chi connectivity index (χ1) is 9.22. The SMILES string of the molecule is CCOC1CC(n2c(CCl)nc3cc(Cl)cnc32)C1. The van der Waals surface area contributed by atoms with Crippen molar-refractivity contribution in [2.45, 2.75) is 37.8 Å². The lowest BCUT2D eigenvalue weighted by Crippen LogP contribution is -2.34. The molecule has 3 rings (SSSR count). The van der Waals surface area contributed by atoms with Crippen LogP contribution in [0.1, 0.15) is 31.6 Å². The van der Waals surface area contributed by atoms with Crippen LogP contribution >= 0.6 is 23.2 Å². The molecule has 102 valence electrons. The highest BCUT2D eigenvalue weighted by Crippen LogP contribution is 2.37. The van der Waals surface area contributed by atoms with Gasteiger partial charge in [-0.15, -0.1) is 11.6 Å². The average Bonchev–Trinajstić information content (AvgIpc) is 2.70. The van der Waals surface area contributed by atoms with Crippen molar-refractivity contribution in [3.8, 4) is 0 Å². The van der Waals surface area contributed by atoms with Gasteiger partial charge in [-0.3, -0.25) is 0 Å². The van der Waals surface area contributed by atoms with E-state index in [1.165, 1.54) is 0 Å². The van der Waals surface area contributed by atoms with Gasteiger partial charge in [-0.2, -0.15) is 0 Å². The topological polar surface area (TPSA) is 39.9 Å². The maximum absolute atomic E-state index is 5.99. The van der Waals surface area contributed by atoms with Crippen LogP contribution in [0.5, 0.6) is 0 Å². The summed E-state index contributed by atoms with van der Waals surface area (Å²) in [6.45, 7) is 2.78. The molecule has 1 aliphatic carbocycles. The Bertz CT molecular complexity index is 593. The Labute approximate surface area is 121 Å². The largest absolute Gasteiger partial charge is 0.378 e. The molecule has 0 aliphatic heterocycles. The lowest BCUT2D eigenvalue weighted by molar-refractivity contribution is -0.0193. The minimum absolute atomic E-state index is 0.350. The molecule has 0 radical (unpaired) electrons. The Balaban J connectivity index is 1.94. The Morgan fingerprint density at radius 1 is 1.47 bits per heavy atom. The van der Waals surface area contributed by atoms with Crippen molar-refractivity contribution in [3.05, 3.63) is 23.1 Å². The van der Waals surface area contributed by atoms with Crippen molar-refractivity contribution >= 4 is 34.4 Å². The molecule has 0 atom stereocenters. The highest BCUT2D eigenvalue weighted by molar-refractivity contribution is 6.31. The standard InChI is InChI=1S/C13H15Cl2N3O/c1-2-19-10-4-9(5-10)18-12(6-14)17-11-3-8(15)7-16-13(11)18/h3,7,9-10H,2,4-6H2,1H3. The van der Waals surface area contributed by atoms with Crippen molar-refractivity contribution in [3.63, 3.8) is 0 Å². The first kappa shape index (κ1) is 13.2. The van der Waals surface area contributed by atoms with Gasteiger partial charge in [0.25, 0.3) is 0 Å². The van der Waals surface area contributed by atoms with E-state index in [0.717, 1.165) is 36.4 Å². The normalized spacial score (nSPS) is 22.7. The first-order valence-corrected chi connectivity index (χ1v) is 7.34. The number of hydrogen-bond acceptors (Lipinski definition) is 3. The molecule has 19 heavy (non-hydrogen) atoms. The van der Waals surface area contributed by atoms with Gasteiger partial charge in [0.15, 0.2) is 5.65 Å². The fourth-order valence-electron chi connectivity index (χ4n) is 2.60. The van der Waals surface area contributed by atoms with E-state index in [-0.39, 0.29) is 0 Å². The van der Waals surface area contributed by atoms with Gasteiger partial charge in [-0.05, 0) is 25.8 Å². The van der Waals surface area contributed by atoms with Crippen molar-refractivity contribution in [1.82, 2.24) is 14.5 Å². The van der Waals surface area contributed by atoms with E-state index in [9.17, 15) is 0 Å². The first-order valence-electron chi connectivity index (χ1n) is 6.42.